The number of ether oxygens (including phenoxy) is 1. The van der Waals surface area contributed by atoms with Gasteiger partial charge in [0.1, 0.15) is 5.76 Å². The predicted octanol–water partition coefficient (Wildman–Crippen LogP) is 2.94. The number of nitrogens with zero attached hydrogens (tertiary/aromatic N) is 2. The van der Waals surface area contributed by atoms with Crippen molar-refractivity contribution >= 4 is 11.9 Å². The van der Waals surface area contributed by atoms with E-state index in [0.29, 0.717) is 33.7 Å². The summed E-state index contributed by atoms with van der Waals surface area (Å²) in [4.78, 5) is 26.1. The molecular formula is C23H21F3N4O4. The summed E-state index contributed by atoms with van der Waals surface area (Å²) in [5.74, 6) is -5.26. The molecule has 1 aliphatic heterocycles. The molecule has 1 fully saturated rings. The number of hydrogen-bond acceptors (Lipinski definition) is 7. The Morgan fingerprint density at radius 2 is 1.76 bits per heavy atom. The standard InChI is InChI=1S/C23H21F3N4O4/c1-13-18(14(2)34-28-13)15-8-7-11-17(12-15)21(16-9-5-4-6-10-16)19(31)30(3)23(27,29-21)33-20(32)22(24,25)26/h4-12,29H,27H2,1-3H3. The van der Waals surface area contributed by atoms with Crippen LogP contribution in [0.25, 0.3) is 11.1 Å². The number of amides is 1. The summed E-state index contributed by atoms with van der Waals surface area (Å²) in [7, 11) is 1.15. The van der Waals surface area contributed by atoms with Crippen LogP contribution in [0.3, 0.4) is 0 Å². The molecule has 0 bridgehead atoms. The zero-order chi connectivity index (χ0) is 24.9. The number of carbonyl (C=O) groups excluding carboxylic acids is 2. The van der Waals surface area contributed by atoms with E-state index in [-0.39, 0.29) is 0 Å². The van der Waals surface area contributed by atoms with E-state index in [1.165, 1.54) is 0 Å². The SMILES string of the molecule is Cc1noc(C)c1-c1cccc(C2(c3ccccc3)NC(N)(OC(=O)C(F)(F)F)N(C)C2=O)c1. The van der Waals surface area contributed by atoms with Crippen LogP contribution >= 0.6 is 0 Å². The molecular weight excluding hydrogens is 453 g/mol. The smallest absolute Gasteiger partial charge is 0.404 e. The van der Waals surface area contributed by atoms with Gasteiger partial charge in [-0.1, -0.05) is 53.7 Å². The van der Waals surface area contributed by atoms with Crippen LogP contribution in [0.4, 0.5) is 13.2 Å². The van der Waals surface area contributed by atoms with Crippen molar-refractivity contribution in [2.45, 2.75) is 31.5 Å². The molecule has 0 radical (unpaired) electrons. The molecule has 34 heavy (non-hydrogen) atoms. The van der Waals surface area contributed by atoms with Gasteiger partial charge >= 0.3 is 18.1 Å². The number of likely N-dealkylation sites (N-methyl/N-ethyl adjacent to an activating group) is 1. The minimum Gasteiger partial charge on any atom is -0.404 e. The van der Waals surface area contributed by atoms with E-state index >= 15 is 0 Å². The number of nitrogens with one attached hydrogen (secondary N) is 1. The largest absolute Gasteiger partial charge is 0.491 e. The van der Waals surface area contributed by atoms with Crippen LogP contribution in [0.5, 0.6) is 0 Å². The van der Waals surface area contributed by atoms with Gasteiger partial charge < -0.3 is 9.26 Å². The average molecular weight is 474 g/mol. The Labute approximate surface area is 192 Å². The topological polar surface area (TPSA) is 111 Å². The number of esters is 1. The lowest BCUT2D eigenvalue weighted by molar-refractivity contribution is -0.228. The normalized spacial score (nSPS) is 22.8. The average Bonchev–Trinajstić information content (AvgIpc) is 3.23. The molecule has 3 aromatic rings. The molecule has 178 valence electrons. The Kier molecular flexibility index (Phi) is 5.49. The zero-order valence-corrected chi connectivity index (χ0v) is 18.4. The molecule has 1 amide bonds. The summed E-state index contributed by atoms with van der Waals surface area (Å²) in [6, 6.07) is 15.1. The highest BCUT2D eigenvalue weighted by Gasteiger charge is 2.62. The van der Waals surface area contributed by atoms with Gasteiger partial charge in [-0.15, -0.1) is 0 Å². The molecule has 2 atom stereocenters. The van der Waals surface area contributed by atoms with Crippen molar-refractivity contribution in [2.75, 3.05) is 7.05 Å². The Balaban J connectivity index is 1.90. The minimum absolute atomic E-state index is 0.364. The molecule has 8 nitrogen and oxygen atoms in total. The lowest BCUT2D eigenvalue weighted by Gasteiger charge is -2.32. The first-order valence-corrected chi connectivity index (χ1v) is 10.2. The van der Waals surface area contributed by atoms with Gasteiger partial charge in [0.15, 0.2) is 5.54 Å². The molecule has 0 saturated carbocycles. The number of alkyl halides is 3. The van der Waals surface area contributed by atoms with Gasteiger partial charge in [0.05, 0.1) is 5.69 Å². The van der Waals surface area contributed by atoms with E-state index in [4.69, 9.17) is 10.3 Å². The fourth-order valence-corrected chi connectivity index (χ4v) is 4.15. The second kappa shape index (κ2) is 7.96. The maximum atomic E-state index is 13.7. The monoisotopic (exact) mass is 474 g/mol. The third-order valence-electron chi connectivity index (χ3n) is 5.79. The second-order valence-electron chi connectivity index (χ2n) is 7.97. The third kappa shape index (κ3) is 3.62. The first-order chi connectivity index (χ1) is 15.9. The molecule has 4 rings (SSSR count). The van der Waals surface area contributed by atoms with E-state index in [1.54, 1.807) is 68.4 Å². The fraction of sp³-hybridized carbons (Fsp3) is 0.261. The molecule has 0 aliphatic carbocycles. The van der Waals surface area contributed by atoms with Gasteiger partial charge in [-0.2, -0.15) is 13.2 Å². The van der Waals surface area contributed by atoms with Crippen LogP contribution < -0.4 is 11.1 Å². The Morgan fingerprint density at radius 1 is 1.12 bits per heavy atom. The van der Waals surface area contributed by atoms with Gasteiger partial charge in [-0.05, 0) is 36.6 Å². The molecule has 1 aliphatic rings. The van der Waals surface area contributed by atoms with E-state index in [2.05, 4.69) is 15.2 Å². The fourth-order valence-electron chi connectivity index (χ4n) is 4.15. The van der Waals surface area contributed by atoms with E-state index < -0.39 is 29.6 Å². The number of carbonyl (C=O) groups is 2. The summed E-state index contributed by atoms with van der Waals surface area (Å²) >= 11 is 0. The number of nitrogens with two attached hydrogens (primary N) is 1. The molecule has 11 heteroatoms. The van der Waals surface area contributed by atoms with Gasteiger partial charge in [-0.25, -0.2) is 10.1 Å². The van der Waals surface area contributed by atoms with Gasteiger partial charge in [0.2, 0.25) is 0 Å². The van der Waals surface area contributed by atoms with Crippen molar-refractivity contribution in [1.82, 2.24) is 15.4 Å². The third-order valence-corrected chi connectivity index (χ3v) is 5.79. The van der Waals surface area contributed by atoms with Crippen LogP contribution in [0.1, 0.15) is 22.6 Å². The van der Waals surface area contributed by atoms with E-state index in [1.807, 2.05) is 0 Å². The summed E-state index contributed by atoms with van der Waals surface area (Å²) in [6.07, 6.45) is -5.31. The molecule has 2 heterocycles. The summed E-state index contributed by atoms with van der Waals surface area (Å²) in [5, 5.41) is 6.64. The van der Waals surface area contributed by atoms with Crippen molar-refractivity contribution in [3.8, 4) is 11.1 Å². The number of aromatic nitrogens is 1. The van der Waals surface area contributed by atoms with Crippen molar-refractivity contribution in [3.05, 3.63) is 77.2 Å². The van der Waals surface area contributed by atoms with Crippen molar-refractivity contribution in [1.29, 1.82) is 0 Å². The van der Waals surface area contributed by atoms with Crippen molar-refractivity contribution in [2.24, 2.45) is 5.73 Å². The maximum absolute atomic E-state index is 13.7. The van der Waals surface area contributed by atoms with Gasteiger partial charge in [0, 0.05) is 12.6 Å². The number of halogens is 3. The summed E-state index contributed by atoms with van der Waals surface area (Å²) < 4.78 is 48.6. The van der Waals surface area contributed by atoms with Crippen LogP contribution in [-0.4, -0.2) is 41.1 Å². The first kappa shape index (κ1) is 23.5. The van der Waals surface area contributed by atoms with E-state index in [9.17, 15) is 22.8 Å². The maximum Gasteiger partial charge on any atom is 0.491 e. The molecule has 2 unspecified atom stereocenters. The second-order valence-corrected chi connectivity index (χ2v) is 7.97. The Bertz CT molecular complexity index is 1240. The minimum atomic E-state index is -5.31. The number of aryl methyl sites for hydroxylation is 2. The van der Waals surface area contributed by atoms with Gasteiger partial charge in [-0.3, -0.25) is 15.4 Å². The van der Waals surface area contributed by atoms with Crippen molar-refractivity contribution < 1.29 is 32.0 Å². The molecule has 3 N–H and O–H groups in total. The summed E-state index contributed by atoms with van der Waals surface area (Å²) in [6.45, 7) is 3.50. The lowest BCUT2D eigenvalue weighted by atomic mass is 9.81. The molecule has 2 aromatic carbocycles. The Morgan fingerprint density at radius 3 is 2.35 bits per heavy atom. The van der Waals surface area contributed by atoms with Crippen molar-refractivity contribution in [3.63, 3.8) is 0 Å². The van der Waals surface area contributed by atoms with Crippen LogP contribution in [0.15, 0.2) is 59.1 Å². The zero-order valence-electron chi connectivity index (χ0n) is 18.4. The highest BCUT2D eigenvalue weighted by molar-refractivity contribution is 5.95. The molecule has 1 saturated heterocycles. The quantitative estimate of drug-likeness (QED) is 0.442. The number of rotatable bonds is 4. The molecule has 0 spiro atoms. The van der Waals surface area contributed by atoms with Gasteiger partial charge in [0.25, 0.3) is 5.91 Å². The van der Waals surface area contributed by atoms with E-state index in [0.717, 1.165) is 11.9 Å². The molecule has 1 aromatic heterocycles. The number of benzene rings is 2. The number of hydrogen-bond donors (Lipinski definition) is 2. The van der Waals surface area contributed by atoms with Crippen LogP contribution in [-0.2, 0) is 19.9 Å². The van der Waals surface area contributed by atoms with Crippen LogP contribution in [0, 0.1) is 13.8 Å². The first-order valence-electron chi connectivity index (χ1n) is 10.2. The summed E-state index contributed by atoms with van der Waals surface area (Å²) in [5.41, 5.74) is 7.05. The van der Waals surface area contributed by atoms with Crippen LogP contribution in [0.2, 0.25) is 0 Å². The highest BCUT2D eigenvalue weighted by atomic mass is 19.4. The highest BCUT2D eigenvalue weighted by Crippen LogP contribution is 2.41. The lowest BCUT2D eigenvalue weighted by Crippen LogP contribution is -2.64. The Hall–Kier alpha value is -3.70. The predicted molar refractivity (Wildman–Crippen MR) is 114 cm³/mol.